The highest BCUT2D eigenvalue weighted by Gasteiger charge is 2.15. The Bertz CT molecular complexity index is 331. The van der Waals surface area contributed by atoms with Crippen molar-refractivity contribution < 1.29 is 9.84 Å². The van der Waals surface area contributed by atoms with Gasteiger partial charge in [-0.15, -0.1) is 0 Å². The highest BCUT2D eigenvalue weighted by Crippen LogP contribution is 2.23. The van der Waals surface area contributed by atoms with Gasteiger partial charge in [-0.1, -0.05) is 23.7 Å². The highest BCUT2D eigenvalue weighted by molar-refractivity contribution is 6.30. The molecule has 0 saturated carbocycles. The molecule has 1 N–H and O–H groups in total. The third-order valence-corrected chi connectivity index (χ3v) is 3.53. The first kappa shape index (κ1) is 12.9. The first-order valence-corrected chi connectivity index (χ1v) is 6.68. The van der Waals surface area contributed by atoms with Crippen molar-refractivity contribution in [3.8, 4) is 0 Å². The molecule has 1 saturated heterocycles. The third kappa shape index (κ3) is 3.98. The fourth-order valence-corrected chi connectivity index (χ4v) is 2.39. The van der Waals surface area contributed by atoms with Crippen LogP contribution in [0.1, 0.15) is 43.8 Å². The Balaban J connectivity index is 1.72. The van der Waals surface area contributed by atoms with Crippen molar-refractivity contribution in [2.24, 2.45) is 0 Å². The summed E-state index contributed by atoms with van der Waals surface area (Å²) in [6.07, 6.45) is 5.27. The molecule has 2 atom stereocenters. The summed E-state index contributed by atoms with van der Waals surface area (Å²) < 4.78 is 5.56. The lowest BCUT2D eigenvalue weighted by Gasteiger charge is -2.13. The Morgan fingerprint density at radius 2 is 2.12 bits per heavy atom. The van der Waals surface area contributed by atoms with Crippen molar-refractivity contribution in [2.75, 3.05) is 6.61 Å². The molecule has 1 aliphatic heterocycles. The Morgan fingerprint density at radius 3 is 2.76 bits per heavy atom. The molecule has 1 fully saturated rings. The summed E-state index contributed by atoms with van der Waals surface area (Å²) in [5, 5.41) is 10.7. The van der Waals surface area contributed by atoms with Crippen molar-refractivity contribution >= 4 is 11.6 Å². The van der Waals surface area contributed by atoms with Gasteiger partial charge in [0.25, 0.3) is 0 Å². The zero-order valence-corrected chi connectivity index (χ0v) is 10.7. The monoisotopic (exact) mass is 254 g/mol. The van der Waals surface area contributed by atoms with Crippen LogP contribution in [0.4, 0.5) is 0 Å². The standard InChI is InChI=1S/C14H19ClO2/c15-12-8-6-11(7-9-12)14(16)5-1-3-13-4-2-10-17-13/h6-9,13-14,16H,1-5,10H2. The fourth-order valence-electron chi connectivity index (χ4n) is 2.26. The van der Waals surface area contributed by atoms with Crippen LogP contribution in [0.5, 0.6) is 0 Å². The fraction of sp³-hybridized carbons (Fsp3) is 0.571. The van der Waals surface area contributed by atoms with Gasteiger partial charge in [0.05, 0.1) is 12.2 Å². The van der Waals surface area contributed by atoms with Crippen LogP contribution in [0, 0.1) is 0 Å². The molecule has 3 heteroatoms. The lowest BCUT2D eigenvalue weighted by molar-refractivity contribution is 0.0945. The van der Waals surface area contributed by atoms with Gasteiger partial charge < -0.3 is 9.84 Å². The molecule has 1 aromatic rings. The van der Waals surface area contributed by atoms with Crippen molar-refractivity contribution in [3.05, 3.63) is 34.9 Å². The van der Waals surface area contributed by atoms with Crippen LogP contribution >= 0.6 is 11.6 Å². The summed E-state index contributed by atoms with van der Waals surface area (Å²) in [5.41, 5.74) is 0.946. The minimum absolute atomic E-state index is 0.381. The number of aliphatic hydroxyl groups excluding tert-OH is 1. The van der Waals surface area contributed by atoms with E-state index in [0.717, 1.165) is 31.4 Å². The van der Waals surface area contributed by atoms with E-state index in [9.17, 15) is 5.11 Å². The topological polar surface area (TPSA) is 29.5 Å². The van der Waals surface area contributed by atoms with Gasteiger partial charge in [-0.25, -0.2) is 0 Å². The van der Waals surface area contributed by atoms with Gasteiger partial charge in [-0.2, -0.15) is 0 Å². The molecule has 0 spiro atoms. The molecule has 0 bridgehead atoms. The maximum Gasteiger partial charge on any atom is 0.0790 e. The maximum absolute atomic E-state index is 10.0. The zero-order chi connectivity index (χ0) is 12.1. The number of halogens is 1. The van der Waals surface area contributed by atoms with Crippen molar-refractivity contribution in [2.45, 2.75) is 44.3 Å². The summed E-state index contributed by atoms with van der Waals surface area (Å²) in [6.45, 7) is 0.907. The van der Waals surface area contributed by atoms with Crippen molar-refractivity contribution in [1.29, 1.82) is 0 Å². The second-order valence-electron chi connectivity index (χ2n) is 4.63. The smallest absolute Gasteiger partial charge is 0.0790 e. The van der Waals surface area contributed by atoms with Crippen molar-refractivity contribution in [3.63, 3.8) is 0 Å². The number of aliphatic hydroxyl groups is 1. The summed E-state index contributed by atoms with van der Waals surface area (Å²) in [4.78, 5) is 0. The van der Waals surface area contributed by atoms with Gasteiger partial charge in [0.2, 0.25) is 0 Å². The van der Waals surface area contributed by atoms with Crippen LogP contribution < -0.4 is 0 Å². The Morgan fingerprint density at radius 1 is 1.35 bits per heavy atom. The van der Waals surface area contributed by atoms with Crippen LogP contribution in [0.25, 0.3) is 0 Å². The maximum atomic E-state index is 10.0. The number of benzene rings is 1. The van der Waals surface area contributed by atoms with Crippen LogP contribution in [0.3, 0.4) is 0 Å². The van der Waals surface area contributed by atoms with Gasteiger partial charge in [-0.05, 0) is 49.8 Å². The average molecular weight is 255 g/mol. The molecule has 94 valence electrons. The normalized spacial score (nSPS) is 21.6. The summed E-state index contributed by atoms with van der Waals surface area (Å²) >= 11 is 5.81. The molecule has 2 unspecified atom stereocenters. The predicted octanol–water partition coefficient (Wildman–Crippen LogP) is 3.72. The predicted molar refractivity (Wildman–Crippen MR) is 69.2 cm³/mol. The number of ether oxygens (including phenoxy) is 1. The molecule has 1 aliphatic rings. The zero-order valence-electron chi connectivity index (χ0n) is 9.94. The highest BCUT2D eigenvalue weighted by atomic mass is 35.5. The average Bonchev–Trinajstić information content (AvgIpc) is 2.83. The van der Waals surface area contributed by atoms with E-state index in [4.69, 9.17) is 16.3 Å². The van der Waals surface area contributed by atoms with Gasteiger partial charge in [-0.3, -0.25) is 0 Å². The molecular weight excluding hydrogens is 236 g/mol. The van der Waals surface area contributed by atoms with E-state index in [1.54, 1.807) is 0 Å². The van der Waals surface area contributed by atoms with Gasteiger partial charge in [0, 0.05) is 11.6 Å². The van der Waals surface area contributed by atoms with E-state index < -0.39 is 0 Å². The van der Waals surface area contributed by atoms with E-state index >= 15 is 0 Å². The lowest BCUT2D eigenvalue weighted by Crippen LogP contribution is -2.06. The van der Waals surface area contributed by atoms with Gasteiger partial charge in [0.1, 0.15) is 0 Å². The molecule has 0 aromatic heterocycles. The third-order valence-electron chi connectivity index (χ3n) is 3.28. The van der Waals surface area contributed by atoms with E-state index in [-0.39, 0.29) is 6.10 Å². The molecular formula is C14H19ClO2. The molecule has 17 heavy (non-hydrogen) atoms. The molecule has 1 heterocycles. The quantitative estimate of drug-likeness (QED) is 0.868. The molecule has 0 radical (unpaired) electrons. The second-order valence-corrected chi connectivity index (χ2v) is 5.07. The largest absolute Gasteiger partial charge is 0.388 e. The Hall–Kier alpha value is -0.570. The first-order chi connectivity index (χ1) is 8.25. The number of hydrogen-bond acceptors (Lipinski definition) is 2. The van der Waals surface area contributed by atoms with Gasteiger partial charge >= 0.3 is 0 Å². The molecule has 1 aromatic carbocycles. The second kappa shape index (κ2) is 6.39. The number of rotatable bonds is 5. The molecule has 0 aliphatic carbocycles. The van der Waals surface area contributed by atoms with Crippen LogP contribution in [0.2, 0.25) is 5.02 Å². The van der Waals surface area contributed by atoms with Crippen LogP contribution in [-0.4, -0.2) is 17.8 Å². The van der Waals surface area contributed by atoms with E-state index in [1.807, 2.05) is 24.3 Å². The Kier molecular flexibility index (Phi) is 4.84. The molecule has 0 amide bonds. The van der Waals surface area contributed by atoms with Crippen LogP contribution in [0.15, 0.2) is 24.3 Å². The summed E-state index contributed by atoms with van der Waals surface area (Å²) in [5.74, 6) is 0. The summed E-state index contributed by atoms with van der Waals surface area (Å²) in [6, 6.07) is 7.42. The van der Waals surface area contributed by atoms with E-state index in [2.05, 4.69) is 0 Å². The Labute approximate surface area is 108 Å². The minimum atomic E-state index is -0.381. The van der Waals surface area contributed by atoms with E-state index in [1.165, 1.54) is 12.8 Å². The molecule has 2 rings (SSSR count). The van der Waals surface area contributed by atoms with Gasteiger partial charge in [0.15, 0.2) is 0 Å². The van der Waals surface area contributed by atoms with Crippen LogP contribution in [-0.2, 0) is 4.74 Å². The lowest BCUT2D eigenvalue weighted by atomic mass is 10.0. The SMILES string of the molecule is OC(CCCC1CCCO1)c1ccc(Cl)cc1. The number of hydrogen-bond donors (Lipinski definition) is 1. The minimum Gasteiger partial charge on any atom is -0.388 e. The summed E-state index contributed by atoms with van der Waals surface area (Å²) in [7, 11) is 0. The first-order valence-electron chi connectivity index (χ1n) is 6.31. The van der Waals surface area contributed by atoms with Crippen molar-refractivity contribution in [1.82, 2.24) is 0 Å². The molecule has 2 nitrogen and oxygen atoms in total. The van der Waals surface area contributed by atoms with E-state index in [0.29, 0.717) is 11.1 Å².